The van der Waals surface area contributed by atoms with Gasteiger partial charge in [-0.1, -0.05) is 46.4 Å². The van der Waals surface area contributed by atoms with Crippen molar-refractivity contribution in [3.63, 3.8) is 0 Å². The number of aromatic nitrogens is 3. The first-order chi connectivity index (χ1) is 6.00. The molecule has 1 aromatic heterocycles. The zero-order chi connectivity index (χ0) is 10.0. The Balaban J connectivity index is 3.11. The zero-order valence-corrected chi connectivity index (χ0v) is 9.67. The Morgan fingerprint density at radius 3 is 1.46 bits per heavy atom. The first-order valence-corrected chi connectivity index (χ1v) is 5.10. The van der Waals surface area contributed by atoms with E-state index in [2.05, 4.69) is 15.0 Å². The second kappa shape index (κ2) is 4.80. The second-order valence-electron chi connectivity index (χ2n) is 1.92. The number of nitrogens with zero attached hydrogens (tertiary/aromatic N) is 3. The molecule has 0 bridgehead atoms. The zero-order valence-electron chi connectivity index (χ0n) is 5.89. The smallest absolute Gasteiger partial charge is 0.212 e. The highest BCUT2D eigenvalue weighted by Crippen LogP contribution is 2.26. The summed E-state index contributed by atoms with van der Waals surface area (Å²) in [6.45, 7) is 0. The third kappa shape index (κ3) is 3.26. The molecule has 0 N–H and O–H groups in total. The van der Waals surface area contributed by atoms with Crippen LogP contribution in [0.5, 0.6) is 0 Å². The van der Waals surface area contributed by atoms with Crippen LogP contribution in [-0.2, 0) is 0 Å². The van der Waals surface area contributed by atoms with Gasteiger partial charge in [0.05, 0.1) is 0 Å². The normalized spacial score (nSPS) is 11.3. The second-order valence-corrected chi connectivity index (χ2v) is 4.45. The molecule has 0 aliphatic rings. The van der Waals surface area contributed by atoms with Gasteiger partial charge in [0.25, 0.3) is 0 Å². The van der Waals surface area contributed by atoms with Gasteiger partial charge in [0.2, 0.25) is 5.28 Å². The lowest BCUT2D eigenvalue weighted by molar-refractivity contribution is 0.882. The Labute approximate surface area is 99.3 Å². The molecule has 0 unspecified atom stereocenters. The third-order valence-corrected chi connectivity index (χ3v) is 1.98. The molecule has 0 spiro atoms. The van der Waals surface area contributed by atoms with Crippen molar-refractivity contribution in [2.75, 3.05) is 0 Å². The molecule has 3 nitrogen and oxygen atoms in total. The monoisotopic (exact) mass is 279 g/mol. The van der Waals surface area contributed by atoms with Crippen molar-refractivity contribution in [1.29, 1.82) is 0 Å². The molecule has 0 saturated heterocycles. The van der Waals surface area contributed by atoms with Gasteiger partial charge in [-0.05, 0) is 11.6 Å². The first-order valence-electron chi connectivity index (χ1n) is 2.98. The quantitative estimate of drug-likeness (QED) is 0.779. The fourth-order valence-electron chi connectivity index (χ4n) is 0.577. The standard InChI is InChI=1S/C5H2Cl5N3/c6-1(7)3-11-4(2(8)9)13-5(10)12-3/h1-2H. The third-order valence-electron chi connectivity index (χ3n) is 1.03. The largest absolute Gasteiger partial charge is 0.226 e. The Morgan fingerprint density at radius 1 is 0.769 bits per heavy atom. The molecule has 0 amide bonds. The molecule has 1 aromatic rings. The van der Waals surface area contributed by atoms with E-state index in [1.165, 1.54) is 0 Å². The van der Waals surface area contributed by atoms with Crippen molar-refractivity contribution >= 4 is 58.0 Å². The van der Waals surface area contributed by atoms with Crippen LogP contribution in [0.3, 0.4) is 0 Å². The lowest BCUT2D eigenvalue weighted by Gasteiger charge is -2.03. The van der Waals surface area contributed by atoms with Gasteiger partial charge >= 0.3 is 0 Å². The fourth-order valence-corrected chi connectivity index (χ4v) is 1.14. The van der Waals surface area contributed by atoms with Crippen molar-refractivity contribution in [1.82, 2.24) is 15.0 Å². The van der Waals surface area contributed by atoms with Crippen LogP contribution in [0.2, 0.25) is 5.28 Å². The lowest BCUT2D eigenvalue weighted by atomic mass is 10.6. The Bertz CT molecular complexity index is 276. The van der Waals surface area contributed by atoms with Crippen molar-refractivity contribution in [3.05, 3.63) is 16.9 Å². The van der Waals surface area contributed by atoms with Gasteiger partial charge in [-0.15, -0.1) is 0 Å². The average molecular weight is 281 g/mol. The minimum absolute atomic E-state index is 0.0439. The molecule has 1 rings (SSSR count). The molecule has 0 aliphatic heterocycles. The lowest BCUT2D eigenvalue weighted by Crippen LogP contribution is -2.02. The average Bonchev–Trinajstić information content (AvgIpc) is 2.03. The van der Waals surface area contributed by atoms with Crippen LogP contribution >= 0.6 is 58.0 Å². The summed E-state index contributed by atoms with van der Waals surface area (Å²) < 4.78 is 0. The SMILES string of the molecule is Clc1nc(C(Cl)Cl)nc(C(Cl)Cl)n1. The summed E-state index contributed by atoms with van der Waals surface area (Å²) >= 11 is 27.6. The van der Waals surface area contributed by atoms with Crippen LogP contribution in [0.1, 0.15) is 21.3 Å². The minimum atomic E-state index is -0.883. The topological polar surface area (TPSA) is 38.7 Å². The summed E-state index contributed by atoms with van der Waals surface area (Å²) in [6.07, 6.45) is 0. The summed E-state index contributed by atoms with van der Waals surface area (Å²) in [5, 5.41) is -0.0439. The van der Waals surface area contributed by atoms with Crippen molar-refractivity contribution in [2.45, 2.75) is 9.67 Å². The van der Waals surface area contributed by atoms with E-state index in [1.807, 2.05) is 0 Å². The van der Waals surface area contributed by atoms with Gasteiger partial charge in [-0.2, -0.15) is 9.97 Å². The van der Waals surface area contributed by atoms with Crippen LogP contribution in [0.25, 0.3) is 0 Å². The molecule has 72 valence electrons. The number of halogens is 5. The van der Waals surface area contributed by atoms with E-state index in [-0.39, 0.29) is 16.9 Å². The van der Waals surface area contributed by atoms with E-state index in [4.69, 9.17) is 58.0 Å². The van der Waals surface area contributed by atoms with Crippen LogP contribution < -0.4 is 0 Å². The van der Waals surface area contributed by atoms with E-state index in [1.54, 1.807) is 0 Å². The van der Waals surface area contributed by atoms with Gasteiger partial charge in [0, 0.05) is 0 Å². The maximum Gasteiger partial charge on any atom is 0.226 e. The Hall–Kier alpha value is 0.460. The van der Waals surface area contributed by atoms with E-state index < -0.39 is 9.67 Å². The Morgan fingerprint density at radius 2 is 1.15 bits per heavy atom. The van der Waals surface area contributed by atoms with Crippen molar-refractivity contribution in [3.8, 4) is 0 Å². The first kappa shape index (κ1) is 11.5. The van der Waals surface area contributed by atoms with Gasteiger partial charge in [-0.25, -0.2) is 4.98 Å². The van der Waals surface area contributed by atoms with E-state index in [9.17, 15) is 0 Å². The highest BCUT2D eigenvalue weighted by Gasteiger charge is 2.14. The maximum absolute atomic E-state index is 5.54. The van der Waals surface area contributed by atoms with Crippen LogP contribution in [-0.4, -0.2) is 15.0 Å². The molecule has 0 fully saturated rings. The molecule has 0 atom stereocenters. The summed E-state index contributed by atoms with van der Waals surface area (Å²) in [6, 6.07) is 0. The van der Waals surface area contributed by atoms with Gasteiger partial charge in [0.1, 0.15) is 0 Å². The number of rotatable bonds is 2. The molecule has 0 saturated carbocycles. The van der Waals surface area contributed by atoms with E-state index >= 15 is 0 Å². The highest BCUT2D eigenvalue weighted by atomic mass is 35.5. The fraction of sp³-hybridized carbons (Fsp3) is 0.400. The Kier molecular flexibility index (Phi) is 4.26. The van der Waals surface area contributed by atoms with Crippen LogP contribution in [0, 0.1) is 0 Å². The van der Waals surface area contributed by atoms with Crippen molar-refractivity contribution in [2.24, 2.45) is 0 Å². The molecular weight excluding hydrogens is 279 g/mol. The summed E-state index contributed by atoms with van der Waals surface area (Å²) in [7, 11) is 0. The van der Waals surface area contributed by atoms with Gasteiger partial charge < -0.3 is 0 Å². The van der Waals surface area contributed by atoms with Gasteiger partial charge in [0.15, 0.2) is 21.3 Å². The molecule has 1 heterocycles. The predicted molar refractivity (Wildman–Crippen MR) is 53.7 cm³/mol. The number of hydrogen-bond acceptors (Lipinski definition) is 3. The molecule has 13 heavy (non-hydrogen) atoms. The number of alkyl halides is 4. The highest BCUT2D eigenvalue weighted by molar-refractivity contribution is 6.44. The van der Waals surface area contributed by atoms with Crippen LogP contribution in [0.15, 0.2) is 0 Å². The molecule has 8 heteroatoms. The summed E-state index contributed by atoms with van der Waals surface area (Å²) in [5.74, 6) is 0.259. The van der Waals surface area contributed by atoms with Crippen molar-refractivity contribution < 1.29 is 0 Å². The number of hydrogen-bond donors (Lipinski definition) is 0. The predicted octanol–water partition coefficient (Wildman–Crippen LogP) is 3.48. The van der Waals surface area contributed by atoms with Crippen LogP contribution in [0.4, 0.5) is 0 Å². The summed E-state index contributed by atoms with van der Waals surface area (Å²) in [4.78, 5) is 9.39. The van der Waals surface area contributed by atoms with Gasteiger partial charge in [-0.3, -0.25) is 0 Å². The maximum atomic E-state index is 5.54. The molecule has 0 aliphatic carbocycles. The summed E-state index contributed by atoms with van der Waals surface area (Å²) in [5.41, 5.74) is 0. The molecule has 0 aromatic carbocycles. The molecular formula is C5H2Cl5N3. The minimum Gasteiger partial charge on any atom is -0.212 e. The van der Waals surface area contributed by atoms with E-state index in [0.29, 0.717) is 0 Å². The van der Waals surface area contributed by atoms with E-state index in [0.717, 1.165) is 0 Å². The molecule has 0 radical (unpaired) electrons.